The quantitative estimate of drug-likeness (QED) is 0.629. The molecule has 1 rings (SSSR count). The first-order valence-corrected chi connectivity index (χ1v) is 7.49. The molecule has 7 heteroatoms. The van der Waals surface area contributed by atoms with E-state index >= 15 is 0 Å². The van der Waals surface area contributed by atoms with E-state index in [1.807, 2.05) is 6.92 Å². The summed E-state index contributed by atoms with van der Waals surface area (Å²) in [4.78, 5) is 0. The van der Waals surface area contributed by atoms with Crippen molar-refractivity contribution in [3.63, 3.8) is 0 Å². The Morgan fingerprint density at radius 2 is 2.12 bits per heavy atom. The molecule has 0 fully saturated rings. The maximum atomic E-state index is 11.8. The Hall–Kier alpha value is -0.250. The second-order valence-corrected chi connectivity index (χ2v) is 5.76. The second kappa shape index (κ2) is 6.62. The van der Waals surface area contributed by atoms with Gasteiger partial charge in [-0.3, -0.25) is 4.52 Å². The van der Waals surface area contributed by atoms with Crippen LogP contribution in [-0.2, 0) is 9.09 Å². The van der Waals surface area contributed by atoms with Crippen molar-refractivity contribution in [3.05, 3.63) is 28.2 Å². The maximum absolute atomic E-state index is 11.8. The molecule has 0 heterocycles. The molecule has 96 valence electrons. The van der Waals surface area contributed by atoms with Gasteiger partial charge in [-0.2, -0.15) is 0 Å². The molecule has 0 aliphatic rings. The van der Waals surface area contributed by atoms with Gasteiger partial charge in [0.15, 0.2) is 5.75 Å². The van der Waals surface area contributed by atoms with Gasteiger partial charge in [-0.25, -0.2) is 10.1 Å². The van der Waals surface area contributed by atoms with Crippen molar-refractivity contribution < 1.29 is 13.6 Å². The van der Waals surface area contributed by atoms with Crippen LogP contribution < -0.4 is 10.0 Å². The van der Waals surface area contributed by atoms with Gasteiger partial charge in [-0.05, 0) is 18.6 Å². The normalized spacial score (nSPS) is 14.4. The van der Waals surface area contributed by atoms with Crippen molar-refractivity contribution in [3.8, 4) is 5.75 Å². The van der Waals surface area contributed by atoms with Gasteiger partial charge in [0.2, 0.25) is 0 Å². The standard InChI is InChI=1S/C10H14Cl2NO3P/c1-2-3-6-15-17(13,14)16-10-7-8(11)4-5-9(10)12/h4-5,7H,2-3,6H2,1H3,(H2,13,14). The molecule has 1 atom stereocenters. The third-order valence-corrected chi connectivity index (χ3v) is 3.43. The van der Waals surface area contributed by atoms with Gasteiger partial charge >= 0.3 is 7.75 Å². The average molecular weight is 298 g/mol. The number of halogens is 2. The van der Waals surface area contributed by atoms with Crippen LogP contribution in [0, 0.1) is 0 Å². The minimum Gasteiger partial charge on any atom is -0.412 e. The fourth-order valence-electron chi connectivity index (χ4n) is 1.05. The lowest BCUT2D eigenvalue weighted by atomic mass is 10.3. The molecule has 0 amide bonds. The summed E-state index contributed by atoms with van der Waals surface area (Å²) in [5.41, 5.74) is 5.42. The van der Waals surface area contributed by atoms with Crippen LogP contribution in [0.4, 0.5) is 0 Å². The van der Waals surface area contributed by atoms with Gasteiger partial charge in [0, 0.05) is 11.1 Å². The lowest BCUT2D eigenvalue weighted by Crippen LogP contribution is -2.07. The zero-order valence-electron chi connectivity index (χ0n) is 9.36. The van der Waals surface area contributed by atoms with Gasteiger partial charge in [0.25, 0.3) is 0 Å². The van der Waals surface area contributed by atoms with Crippen LogP contribution in [0.25, 0.3) is 0 Å². The average Bonchev–Trinajstić information content (AvgIpc) is 2.23. The Bertz CT molecular complexity index is 428. The van der Waals surface area contributed by atoms with Gasteiger partial charge in [0.1, 0.15) is 0 Å². The Balaban J connectivity index is 2.68. The zero-order chi connectivity index (χ0) is 12.9. The fourth-order valence-corrected chi connectivity index (χ4v) is 2.28. The molecule has 0 radical (unpaired) electrons. The summed E-state index contributed by atoms with van der Waals surface area (Å²) in [5.74, 6) is 0.154. The molecule has 0 aliphatic heterocycles. The van der Waals surface area contributed by atoms with Crippen LogP contribution in [0.15, 0.2) is 18.2 Å². The number of hydrogen-bond donors (Lipinski definition) is 1. The lowest BCUT2D eigenvalue weighted by Gasteiger charge is -2.15. The molecule has 1 aromatic carbocycles. The second-order valence-electron chi connectivity index (χ2n) is 3.39. The summed E-state index contributed by atoms with van der Waals surface area (Å²) in [7, 11) is -3.63. The van der Waals surface area contributed by atoms with Gasteiger partial charge in [-0.1, -0.05) is 36.5 Å². The smallest absolute Gasteiger partial charge is 0.412 e. The zero-order valence-corrected chi connectivity index (χ0v) is 11.8. The summed E-state index contributed by atoms with van der Waals surface area (Å²) < 4.78 is 21.8. The monoisotopic (exact) mass is 297 g/mol. The van der Waals surface area contributed by atoms with Gasteiger partial charge in [0.05, 0.1) is 11.6 Å². The van der Waals surface area contributed by atoms with Gasteiger partial charge in [-0.15, -0.1) is 0 Å². The molecule has 0 spiro atoms. The van der Waals surface area contributed by atoms with E-state index in [1.54, 1.807) is 6.07 Å². The first kappa shape index (κ1) is 14.8. The highest BCUT2D eigenvalue weighted by Gasteiger charge is 2.21. The molecular weight excluding hydrogens is 284 g/mol. The van der Waals surface area contributed by atoms with E-state index in [-0.39, 0.29) is 17.4 Å². The molecule has 0 saturated heterocycles. The van der Waals surface area contributed by atoms with Crippen LogP contribution in [-0.4, -0.2) is 6.61 Å². The molecule has 2 N–H and O–H groups in total. The number of rotatable bonds is 6. The summed E-state index contributed by atoms with van der Waals surface area (Å²) >= 11 is 11.6. The minimum atomic E-state index is -3.63. The van der Waals surface area contributed by atoms with Crippen molar-refractivity contribution >= 4 is 30.9 Å². The van der Waals surface area contributed by atoms with E-state index in [1.165, 1.54) is 12.1 Å². The van der Waals surface area contributed by atoms with E-state index < -0.39 is 7.75 Å². The third-order valence-electron chi connectivity index (χ3n) is 1.89. The minimum absolute atomic E-state index is 0.154. The fraction of sp³-hybridized carbons (Fsp3) is 0.400. The SMILES string of the molecule is CCCCOP(N)(=O)Oc1cc(Cl)ccc1Cl. The molecule has 1 aromatic rings. The topological polar surface area (TPSA) is 61.5 Å². The van der Waals surface area contributed by atoms with E-state index in [0.717, 1.165) is 12.8 Å². The number of nitrogens with two attached hydrogens (primary N) is 1. The molecule has 4 nitrogen and oxygen atoms in total. The number of benzene rings is 1. The van der Waals surface area contributed by atoms with Crippen LogP contribution in [0.1, 0.15) is 19.8 Å². The number of hydrogen-bond acceptors (Lipinski definition) is 3. The predicted molar refractivity (Wildman–Crippen MR) is 69.7 cm³/mol. The molecule has 17 heavy (non-hydrogen) atoms. The van der Waals surface area contributed by atoms with Crippen molar-refractivity contribution in [2.75, 3.05) is 6.61 Å². The lowest BCUT2D eigenvalue weighted by molar-refractivity contribution is 0.261. The van der Waals surface area contributed by atoms with E-state index in [2.05, 4.69) is 0 Å². The Morgan fingerprint density at radius 3 is 2.76 bits per heavy atom. The van der Waals surface area contributed by atoms with Gasteiger partial charge < -0.3 is 4.52 Å². The summed E-state index contributed by atoms with van der Waals surface area (Å²) in [6.45, 7) is 2.27. The van der Waals surface area contributed by atoms with Crippen molar-refractivity contribution in [1.82, 2.24) is 0 Å². The van der Waals surface area contributed by atoms with E-state index in [4.69, 9.17) is 37.8 Å². The molecule has 1 unspecified atom stereocenters. The largest absolute Gasteiger partial charge is 0.456 e. The Morgan fingerprint density at radius 1 is 1.41 bits per heavy atom. The molecular formula is C10H14Cl2NO3P. The summed E-state index contributed by atoms with van der Waals surface area (Å²) in [6.07, 6.45) is 1.67. The molecule has 0 aliphatic carbocycles. The maximum Gasteiger partial charge on any atom is 0.456 e. The van der Waals surface area contributed by atoms with Crippen LogP contribution >= 0.6 is 30.9 Å². The van der Waals surface area contributed by atoms with Crippen LogP contribution in [0.5, 0.6) is 5.75 Å². The third kappa shape index (κ3) is 5.28. The predicted octanol–water partition coefficient (Wildman–Crippen LogP) is 4.26. The highest BCUT2D eigenvalue weighted by Crippen LogP contribution is 2.43. The van der Waals surface area contributed by atoms with Crippen LogP contribution in [0.2, 0.25) is 10.0 Å². The first-order valence-electron chi connectivity index (χ1n) is 5.12. The summed E-state index contributed by atoms with van der Waals surface area (Å²) in [5, 5.41) is 0.692. The number of unbranched alkanes of at least 4 members (excludes halogenated alkanes) is 1. The van der Waals surface area contributed by atoms with Crippen molar-refractivity contribution in [1.29, 1.82) is 0 Å². The highest BCUT2D eigenvalue weighted by molar-refractivity contribution is 7.51. The van der Waals surface area contributed by atoms with Crippen molar-refractivity contribution in [2.24, 2.45) is 5.50 Å². The molecule has 0 aromatic heterocycles. The van der Waals surface area contributed by atoms with Crippen LogP contribution in [0.3, 0.4) is 0 Å². The van der Waals surface area contributed by atoms with E-state index in [0.29, 0.717) is 5.02 Å². The summed E-state index contributed by atoms with van der Waals surface area (Å²) in [6, 6.07) is 4.56. The van der Waals surface area contributed by atoms with E-state index in [9.17, 15) is 4.57 Å². The van der Waals surface area contributed by atoms with Crippen molar-refractivity contribution in [2.45, 2.75) is 19.8 Å². The first-order chi connectivity index (χ1) is 7.94. The Kier molecular flexibility index (Phi) is 5.77. The Labute approximate surface area is 111 Å². The molecule has 0 saturated carbocycles. The molecule has 0 bridgehead atoms. The highest BCUT2D eigenvalue weighted by atomic mass is 35.5.